The highest BCUT2D eigenvalue weighted by Crippen LogP contribution is 2.10. The molecular weight excluding hydrogens is 326 g/mol. The van der Waals surface area contributed by atoms with Gasteiger partial charge in [-0.3, -0.25) is 14.6 Å². The quantitative estimate of drug-likeness (QED) is 0.874. The Labute approximate surface area is 146 Å². The molecule has 0 aliphatic heterocycles. The van der Waals surface area contributed by atoms with Crippen molar-refractivity contribution in [3.8, 4) is 0 Å². The van der Waals surface area contributed by atoms with Crippen LogP contribution in [-0.4, -0.2) is 34.8 Å². The van der Waals surface area contributed by atoms with E-state index in [1.165, 1.54) is 12.4 Å². The van der Waals surface area contributed by atoms with E-state index in [1.807, 2.05) is 26.0 Å². The summed E-state index contributed by atoms with van der Waals surface area (Å²) in [6, 6.07) is 8.81. The molecule has 1 aromatic carbocycles. The lowest BCUT2D eigenvalue weighted by molar-refractivity contribution is 0.0772. The number of nitrogens with one attached hydrogen (secondary N) is 1. The summed E-state index contributed by atoms with van der Waals surface area (Å²) < 4.78 is 0. The fourth-order valence-corrected chi connectivity index (χ4v) is 2.39. The van der Waals surface area contributed by atoms with Crippen LogP contribution >= 0.6 is 11.6 Å². The summed E-state index contributed by atoms with van der Waals surface area (Å²) in [6.45, 7) is 5.43. The number of pyridine rings is 1. The van der Waals surface area contributed by atoms with Crippen molar-refractivity contribution >= 4 is 23.4 Å². The zero-order valence-corrected chi connectivity index (χ0v) is 14.5. The van der Waals surface area contributed by atoms with Crippen molar-refractivity contribution in [1.29, 1.82) is 0 Å². The smallest absolute Gasteiger partial charge is 0.255 e. The van der Waals surface area contributed by atoms with Gasteiger partial charge in [-0.05, 0) is 37.6 Å². The highest BCUT2D eigenvalue weighted by atomic mass is 35.5. The third-order valence-corrected chi connectivity index (χ3v) is 3.92. The number of carbonyl (C=O) groups excluding carboxylic acids is 2. The Bertz CT molecular complexity index is 712. The van der Waals surface area contributed by atoms with Crippen molar-refractivity contribution in [2.75, 3.05) is 13.1 Å². The molecule has 2 aromatic rings. The monoisotopic (exact) mass is 345 g/mol. The number of carbonyl (C=O) groups is 2. The Kier molecular flexibility index (Phi) is 6.32. The van der Waals surface area contributed by atoms with Crippen LogP contribution in [-0.2, 0) is 6.54 Å². The first kappa shape index (κ1) is 17.9. The lowest BCUT2D eigenvalue weighted by Crippen LogP contribution is -2.31. The molecule has 2 amide bonds. The standard InChI is InChI=1S/C18H20ClN3O2/c1-3-22(4-2)18(24)15-9-14(11-20-12-15)17(23)21-10-13-5-7-16(19)8-6-13/h5-9,11-12H,3-4,10H2,1-2H3,(H,21,23). The minimum atomic E-state index is -0.272. The van der Waals surface area contributed by atoms with E-state index >= 15 is 0 Å². The second kappa shape index (κ2) is 8.45. The summed E-state index contributed by atoms with van der Waals surface area (Å²) in [6.07, 6.45) is 2.94. The van der Waals surface area contributed by atoms with E-state index in [-0.39, 0.29) is 11.8 Å². The first-order valence-electron chi connectivity index (χ1n) is 7.82. The van der Waals surface area contributed by atoms with E-state index in [1.54, 1.807) is 23.1 Å². The summed E-state index contributed by atoms with van der Waals surface area (Å²) >= 11 is 5.84. The van der Waals surface area contributed by atoms with Gasteiger partial charge < -0.3 is 10.2 Å². The van der Waals surface area contributed by atoms with Crippen molar-refractivity contribution in [2.45, 2.75) is 20.4 Å². The van der Waals surface area contributed by atoms with Crippen LogP contribution in [0.4, 0.5) is 0 Å². The van der Waals surface area contributed by atoms with Gasteiger partial charge in [0.1, 0.15) is 0 Å². The van der Waals surface area contributed by atoms with Gasteiger partial charge in [-0.1, -0.05) is 23.7 Å². The molecule has 0 aliphatic rings. The molecule has 0 unspecified atom stereocenters. The van der Waals surface area contributed by atoms with Crippen LogP contribution < -0.4 is 5.32 Å². The van der Waals surface area contributed by atoms with Crippen molar-refractivity contribution in [1.82, 2.24) is 15.2 Å². The largest absolute Gasteiger partial charge is 0.348 e. The maximum atomic E-state index is 12.3. The highest BCUT2D eigenvalue weighted by molar-refractivity contribution is 6.30. The summed E-state index contributed by atoms with van der Waals surface area (Å²) in [7, 11) is 0. The minimum Gasteiger partial charge on any atom is -0.348 e. The lowest BCUT2D eigenvalue weighted by atomic mass is 10.1. The molecule has 1 aromatic heterocycles. The van der Waals surface area contributed by atoms with E-state index in [9.17, 15) is 9.59 Å². The molecule has 1 N–H and O–H groups in total. The summed E-state index contributed by atoms with van der Waals surface area (Å²) in [5.74, 6) is -0.397. The van der Waals surface area contributed by atoms with Gasteiger partial charge in [-0.25, -0.2) is 0 Å². The molecular formula is C18H20ClN3O2. The normalized spacial score (nSPS) is 10.3. The number of aromatic nitrogens is 1. The molecule has 126 valence electrons. The average Bonchev–Trinajstić information content (AvgIpc) is 2.62. The molecule has 2 rings (SSSR count). The second-order valence-corrected chi connectivity index (χ2v) is 5.69. The zero-order valence-electron chi connectivity index (χ0n) is 13.8. The fourth-order valence-electron chi connectivity index (χ4n) is 2.26. The Morgan fingerprint density at radius 2 is 1.71 bits per heavy atom. The summed E-state index contributed by atoms with van der Waals surface area (Å²) in [4.78, 5) is 30.3. The minimum absolute atomic E-state index is 0.125. The third kappa shape index (κ3) is 4.55. The highest BCUT2D eigenvalue weighted by Gasteiger charge is 2.15. The van der Waals surface area contributed by atoms with Gasteiger partial charge in [-0.2, -0.15) is 0 Å². The van der Waals surface area contributed by atoms with Crippen LogP contribution in [0.5, 0.6) is 0 Å². The number of hydrogen-bond donors (Lipinski definition) is 1. The second-order valence-electron chi connectivity index (χ2n) is 5.25. The number of nitrogens with zero attached hydrogens (tertiary/aromatic N) is 2. The van der Waals surface area contributed by atoms with E-state index in [0.29, 0.717) is 35.8 Å². The van der Waals surface area contributed by atoms with E-state index in [4.69, 9.17) is 11.6 Å². The van der Waals surface area contributed by atoms with Crippen LogP contribution in [0, 0.1) is 0 Å². The van der Waals surface area contributed by atoms with Crippen LogP contribution in [0.3, 0.4) is 0 Å². The van der Waals surface area contributed by atoms with Crippen LogP contribution in [0.25, 0.3) is 0 Å². The van der Waals surface area contributed by atoms with Gasteiger partial charge in [-0.15, -0.1) is 0 Å². The van der Waals surface area contributed by atoms with E-state index in [0.717, 1.165) is 5.56 Å². The van der Waals surface area contributed by atoms with Crippen LogP contribution in [0.1, 0.15) is 40.1 Å². The maximum Gasteiger partial charge on any atom is 0.255 e. The maximum absolute atomic E-state index is 12.3. The molecule has 0 radical (unpaired) electrons. The first-order chi connectivity index (χ1) is 11.5. The van der Waals surface area contributed by atoms with E-state index < -0.39 is 0 Å². The molecule has 0 aliphatic carbocycles. The Balaban J connectivity index is 2.05. The van der Waals surface area contributed by atoms with Gasteiger partial charge in [0.15, 0.2) is 0 Å². The van der Waals surface area contributed by atoms with Crippen molar-refractivity contribution < 1.29 is 9.59 Å². The molecule has 0 bridgehead atoms. The van der Waals surface area contributed by atoms with Crippen LogP contribution in [0.2, 0.25) is 5.02 Å². The molecule has 5 nitrogen and oxygen atoms in total. The fraction of sp³-hybridized carbons (Fsp3) is 0.278. The zero-order chi connectivity index (χ0) is 17.5. The first-order valence-corrected chi connectivity index (χ1v) is 8.20. The Morgan fingerprint density at radius 1 is 1.08 bits per heavy atom. The number of hydrogen-bond acceptors (Lipinski definition) is 3. The lowest BCUT2D eigenvalue weighted by Gasteiger charge is -2.18. The van der Waals surface area contributed by atoms with Gasteiger partial charge in [0, 0.05) is 37.1 Å². The van der Waals surface area contributed by atoms with Gasteiger partial charge in [0.2, 0.25) is 0 Å². The topological polar surface area (TPSA) is 62.3 Å². The van der Waals surface area contributed by atoms with Crippen molar-refractivity contribution in [3.05, 3.63) is 64.4 Å². The molecule has 6 heteroatoms. The Hall–Kier alpha value is -2.40. The molecule has 1 heterocycles. The van der Waals surface area contributed by atoms with Crippen molar-refractivity contribution in [3.63, 3.8) is 0 Å². The van der Waals surface area contributed by atoms with E-state index in [2.05, 4.69) is 10.3 Å². The van der Waals surface area contributed by atoms with Gasteiger partial charge in [0.25, 0.3) is 11.8 Å². The molecule has 24 heavy (non-hydrogen) atoms. The molecule has 0 fully saturated rings. The van der Waals surface area contributed by atoms with Gasteiger partial charge in [0.05, 0.1) is 11.1 Å². The number of benzene rings is 1. The predicted molar refractivity (Wildman–Crippen MR) is 94.1 cm³/mol. The summed E-state index contributed by atoms with van der Waals surface area (Å²) in [5, 5.41) is 3.46. The summed E-state index contributed by atoms with van der Waals surface area (Å²) in [5.41, 5.74) is 1.72. The van der Waals surface area contributed by atoms with Crippen LogP contribution in [0.15, 0.2) is 42.7 Å². The average molecular weight is 346 g/mol. The van der Waals surface area contributed by atoms with Crippen molar-refractivity contribution in [2.24, 2.45) is 0 Å². The van der Waals surface area contributed by atoms with Gasteiger partial charge >= 0.3 is 0 Å². The molecule has 0 saturated carbocycles. The predicted octanol–water partition coefficient (Wildman–Crippen LogP) is 3.15. The Morgan fingerprint density at radius 3 is 2.33 bits per heavy atom. The number of rotatable bonds is 6. The molecule has 0 spiro atoms. The number of amides is 2. The SMILES string of the molecule is CCN(CC)C(=O)c1cncc(C(=O)NCc2ccc(Cl)cc2)c1. The molecule has 0 saturated heterocycles. The number of halogens is 1. The molecule has 0 atom stereocenters. The third-order valence-electron chi connectivity index (χ3n) is 3.66.